The van der Waals surface area contributed by atoms with Gasteiger partial charge in [0.05, 0.1) is 12.2 Å². The van der Waals surface area contributed by atoms with Crippen molar-refractivity contribution in [3.8, 4) is 5.75 Å². The van der Waals surface area contributed by atoms with Crippen LogP contribution in [-0.2, 0) is 0 Å². The van der Waals surface area contributed by atoms with Crippen LogP contribution in [0.5, 0.6) is 5.75 Å². The second-order valence-electron chi connectivity index (χ2n) is 6.96. The number of hydrogen-bond acceptors (Lipinski definition) is 3. The number of carbonyl (C=O) groups is 1. The molecular formula is C17H26N2O2. The highest BCUT2D eigenvalue weighted by Crippen LogP contribution is 2.52. The molecule has 1 aromatic rings. The lowest BCUT2D eigenvalue weighted by atomic mass is 9.48. The van der Waals surface area contributed by atoms with Gasteiger partial charge < -0.3 is 15.8 Å². The van der Waals surface area contributed by atoms with Crippen LogP contribution in [0.2, 0.25) is 0 Å². The molecule has 0 unspecified atom stereocenters. The van der Waals surface area contributed by atoms with Gasteiger partial charge in [-0.25, -0.2) is 0 Å². The number of nitrogens with two attached hydrogens (primary N) is 1. The third-order valence-corrected chi connectivity index (χ3v) is 4.80. The van der Waals surface area contributed by atoms with Crippen LogP contribution in [0.4, 0.5) is 0 Å². The molecule has 116 valence electrons. The highest BCUT2D eigenvalue weighted by Gasteiger charge is 2.60. The Bertz CT molecular complexity index is 521. The molecule has 0 bridgehead atoms. The highest BCUT2D eigenvalue weighted by molar-refractivity contribution is 5.97. The molecule has 0 atom stereocenters. The second-order valence-corrected chi connectivity index (χ2v) is 6.96. The summed E-state index contributed by atoms with van der Waals surface area (Å²) in [5.41, 5.74) is 6.59. The molecular weight excluding hydrogens is 264 g/mol. The molecule has 1 fully saturated rings. The molecule has 2 rings (SSSR count). The summed E-state index contributed by atoms with van der Waals surface area (Å²) < 4.78 is 5.53. The van der Waals surface area contributed by atoms with Gasteiger partial charge in [-0.05, 0) is 19.1 Å². The Morgan fingerprint density at radius 3 is 2.38 bits per heavy atom. The SMILES string of the molecule is CCOc1ccccc1C(=O)NC1C(C)(C)C(N)C1(C)C. The first kappa shape index (κ1) is 15.8. The van der Waals surface area contributed by atoms with Crippen molar-refractivity contribution in [1.29, 1.82) is 0 Å². The minimum Gasteiger partial charge on any atom is -0.493 e. The molecule has 0 radical (unpaired) electrons. The first-order valence-electron chi connectivity index (χ1n) is 7.51. The predicted octanol–water partition coefficient (Wildman–Crippen LogP) is 2.58. The monoisotopic (exact) mass is 290 g/mol. The normalized spacial score (nSPS) is 25.8. The van der Waals surface area contributed by atoms with E-state index in [0.29, 0.717) is 17.9 Å². The maximum Gasteiger partial charge on any atom is 0.255 e. The Labute approximate surface area is 127 Å². The van der Waals surface area contributed by atoms with E-state index in [2.05, 4.69) is 33.0 Å². The van der Waals surface area contributed by atoms with Crippen molar-refractivity contribution in [2.45, 2.75) is 46.7 Å². The van der Waals surface area contributed by atoms with Crippen LogP contribution < -0.4 is 15.8 Å². The van der Waals surface area contributed by atoms with Gasteiger partial charge in [-0.1, -0.05) is 39.8 Å². The molecule has 4 heteroatoms. The number of carbonyl (C=O) groups excluding carboxylic acids is 1. The van der Waals surface area contributed by atoms with Crippen molar-refractivity contribution >= 4 is 5.91 Å². The van der Waals surface area contributed by atoms with E-state index in [1.807, 2.05) is 25.1 Å². The summed E-state index contributed by atoms with van der Waals surface area (Å²) >= 11 is 0. The van der Waals surface area contributed by atoms with Crippen molar-refractivity contribution < 1.29 is 9.53 Å². The van der Waals surface area contributed by atoms with Crippen LogP contribution >= 0.6 is 0 Å². The minimum absolute atomic E-state index is 0.0437. The van der Waals surface area contributed by atoms with Gasteiger partial charge >= 0.3 is 0 Å². The number of amides is 1. The summed E-state index contributed by atoms with van der Waals surface area (Å²) in [5.74, 6) is 0.522. The van der Waals surface area contributed by atoms with Gasteiger partial charge in [-0.3, -0.25) is 4.79 Å². The summed E-state index contributed by atoms with van der Waals surface area (Å²) in [6.45, 7) is 10.8. The number of para-hydroxylation sites is 1. The number of hydrogen-bond donors (Lipinski definition) is 2. The third kappa shape index (κ3) is 2.53. The summed E-state index contributed by atoms with van der Waals surface area (Å²) in [6, 6.07) is 7.44. The average Bonchev–Trinajstić information content (AvgIpc) is 2.44. The van der Waals surface area contributed by atoms with Crippen molar-refractivity contribution in [2.24, 2.45) is 16.6 Å². The quantitative estimate of drug-likeness (QED) is 0.896. The summed E-state index contributed by atoms with van der Waals surface area (Å²) in [7, 11) is 0. The number of rotatable bonds is 4. The van der Waals surface area contributed by atoms with Crippen molar-refractivity contribution in [3.63, 3.8) is 0 Å². The predicted molar refractivity (Wildman–Crippen MR) is 84.4 cm³/mol. The highest BCUT2D eigenvalue weighted by atomic mass is 16.5. The largest absolute Gasteiger partial charge is 0.493 e. The van der Waals surface area contributed by atoms with E-state index in [-0.39, 0.29) is 28.8 Å². The zero-order valence-electron chi connectivity index (χ0n) is 13.6. The van der Waals surface area contributed by atoms with Gasteiger partial charge in [-0.2, -0.15) is 0 Å². The molecule has 0 heterocycles. The van der Waals surface area contributed by atoms with E-state index >= 15 is 0 Å². The molecule has 3 N–H and O–H groups in total. The molecule has 0 aromatic heterocycles. The number of benzene rings is 1. The van der Waals surface area contributed by atoms with Gasteiger partial charge in [0, 0.05) is 22.9 Å². The van der Waals surface area contributed by atoms with Gasteiger partial charge in [0.25, 0.3) is 5.91 Å². The van der Waals surface area contributed by atoms with E-state index in [4.69, 9.17) is 10.5 Å². The fourth-order valence-corrected chi connectivity index (χ4v) is 3.70. The van der Waals surface area contributed by atoms with E-state index in [0.717, 1.165) is 0 Å². The van der Waals surface area contributed by atoms with Crippen molar-refractivity contribution in [3.05, 3.63) is 29.8 Å². The Balaban J connectivity index is 2.19. The molecule has 1 aromatic carbocycles. The van der Waals surface area contributed by atoms with Gasteiger partial charge in [0.2, 0.25) is 0 Å². The molecule has 1 aliphatic carbocycles. The zero-order valence-corrected chi connectivity index (χ0v) is 13.6. The smallest absolute Gasteiger partial charge is 0.255 e. The van der Waals surface area contributed by atoms with E-state index in [1.165, 1.54) is 0 Å². The molecule has 1 aliphatic rings. The van der Waals surface area contributed by atoms with Crippen LogP contribution in [0.15, 0.2) is 24.3 Å². The Kier molecular flexibility index (Phi) is 4.02. The lowest BCUT2D eigenvalue weighted by Gasteiger charge is -2.62. The van der Waals surface area contributed by atoms with Crippen LogP contribution in [0.1, 0.15) is 45.0 Å². The van der Waals surface area contributed by atoms with Crippen molar-refractivity contribution in [1.82, 2.24) is 5.32 Å². The van der Waals surface area contributed by atoms with E-state index < -0.39 is 0 Å². The van der Waals surface area contributed by atoms with E-state index in [1.54, 1.807) is 6.07 Å². The molecule has 0 saturated heterocycles. The maximum atomic E-state index is 12.6. The van der Waals surface area contributed by atoms with Crippen molar-refractivity contribution in [2.75, 3.05) is 6.61 Å². The summed E-state index contributed by atoms with van der Waals surface area (Å²) in [4.78, 5) is 12.6. The molecule has 0 spiro atoms. The van der Waals surface area contributed by atoms with Crippen LogP contribution in [-0.4, -0.2) is 24.6 Å². The maximum absolute atomic E-state index is 12.6. The molecule has 1 saturated carbocycles. The van der Waals surface area contributed by atoms with Gasteiger partial charge in [0.1, 0.15) is 5.75 Å². The Hall–Kier alpha value is -1.55. The Morgan fingerprint density at radius 1 is 1.24 bits per heavy atom. The topological polar surface area (TPSA) is 64.3 Å². The first-order valence-corrected chi connectivity index (χ1v) is 7.51. The molecule has 4 nitrogen and oxygen atoms in total. The van der Waals surface area contributed by atoms with Crippen LogP contribution in [0.3, 0.4) is 0 Å². The minimum atomic E-state index is -0.111. The van der Waals surface area contributed by atoms with Crippen LogP contribution in [0.25, 0.3) is 0 Å². The van der Waals surface area contributed by atoms with E-state index in [9.17, 15) is 4.79 Å². The fourth-order valence-electron chi connectivity index (χ4n) is 3.70. The third-order valence-electron chi connectivity index (χ3n) is 4.80. The molecule has 21 heavy (non-hydrogen) atoms. The number of ether oxygens (including phenoxy) is 1. The summed E-state index contributed by atoms with van der Waals surface area (Å²) in [6.07, 6.45) is 0. The average molecular weight is 290 g/mol. The van der Waals surface area contributed by atoms with Crippen LogP contribution in [0, 0.1) is 10.8 Å². The van der Waals surface area contributed by atoms with Gasteiger partial charge in [0.15, 0.2) is 0 Å². The standard InChI is InChI=1S/C17H26N2O2/c1-6-21-12-10-8-7-9-11(12)13(20)19-15-16(2,3)14(18)17(15,4)5/h7-10,14-15H,6,18H2,1-5H3,(H,19,20). The van der Waals surface area contributed by atoms with Gasteiger partial charge in [-0.15, -0.1) is 0 Å². The molecule has 0 aliphatic heterocycles. The number of nitrogens with one attached hydrogen (secondary N) is 1. The fraction of sp³-hybridized carbons (Fsp3) is 0.588. The lowest BCUT2D eigenvalue weighted by Crippen LogP contribution is -2.76. The Morgan fingerprint density at radius 2 is 1.81 bits per heavy atom. The lowest BCUT2D eigenvalue weighted by molar-refractivity contribution is -0.0663. The second kappa shape index (κ2) is 5.34. The summed E-state index contributed by atoms with van der Waals surface area (Å²) in [5, 5.41) is 3.14. The first-order chi connectivity index (χ1) is 9.72. The molecule has 1 amide bonds. The zero-order chi connectivity index (χ0) is 15.8.